The number of amides is 2. The molecule has 386 valence electrons. The number of aliphatic carboxylic acids is 1. The Bertz CT molecular complexity index is 1800. The molecule has 0 spiro atoms. The number of hydrogen-bond donors (Lipinski definition) is 7. The van der Waals surface area contributed by atoms with Gasteiger partial charge in [0.2, 0.25) is 17.9 Å². The standard InChI is InChI=1S/C44H75N8O15P/c1-6-7-8-9-10-11-12-13-14-15-16-17-18-22-37(55)64-34(40-39(57)41(44(61)65-40)67-68(62,51(2)3)52(4)5)29-63-36(54)23-24-38(56)66-48-28-35(53)49-32(21-19-20-25-45)42(58)50-33(43(59)60)26-31-27-46-30-47-31/h27,30,32-34,40,48,57H,6-26,28-29,45H2,1-5H3,(H,46,47)(H,49,53)(H,50,58)(H,59,60). The zero-order chi connectivity index (χ0) is 50.5. The summed E-state index contributed by atoms with van der Waals surface area (Å²) < 4.78 is 37.5. The number of carbonyl (C=O) groups excluding carboxylic acids is 6. The molecule has 2 heterocycles. The summed E-state index contributed by atoms with van der Waals surface area (Å²) in [6.45, 7) is 1.20. The smallest absolute Gasteiger partial charge is 0.395 e. The fourth-order valence-electron chi connectivity index (χ4n) is 6.91. The summed E-state index contributed by atoms with van der Waals surface area (Å²) in [7, 11) is 1.90. The first kappa shape index (κ1) is 59.0. The van der Waals surface area contributed by atoms with E-state index in [1.807, 2.05) is 0 Å². The van der Waals surface area contributed by atoms with E-state index >= 15 is 0 Å². The van der Waals surface area contributed by atoms with Gasteiger partial charge >= 0.3 is 37.5 Å². The number of nitrogens with zero attached hydrogens (tertiary/aromatic N) is 3. The van der Waals surface area contributed by atoms with E-state index in [1.54, 1.807) is 0 Å². The number of rotatable bonds is 38. The van der Waals surface area contributed by atoms with E-state index in [4.69, 9.17) is 29.3 Å². The van der Waals surface area contributed by atoms with Crippen LogP contribution in [0.25, 0.3) is 0 Å². The van der Waals surface area contributed by atoms with E-state index in [1.165, 1.54) is 101 Å². The number of aliphatic hydroxyl groups excluding tert-OH is 1. The van der Waals surface area contributed by atoms with Crippen LogP contribution in [0, 0.1) is 0 Å². The lowest BCUT2D eigenvalue weighted by Gasteiger charge is -2.29. The molecule has 0 saturated carbocycles. The molecule has 1 aliphatic heterocycles. The van der Waals surface area contributed by atoms with Gasteiger partial charge < -0.3 is 55.1 Å². The van der Waals surface area contributed by atoms with Crippen LogP contribution in [-0.4, -0.2) is 143 Å². The normalized spacial score (nSPS) is 15.1. The second-order valence-electron chi connectivity index (χ2n) is 16.9. The number of nitrogens with two attached hydrogens (primary N) is 1. The van der Waals surface area contributed by atoms with Gasteiger partial charge in [0.15, 0.2) is 11.9 Å². The van der Waals surface area contributed by atoms with Gasteiger partial charge in [-0.25, -0.2) is 28.5 Å². The molecule has 0 aliphatic carbocycles. The largest absolute Gasteiger partial charge is 0.505 e. The molecule has 0 bridgehead atoms. The number of aliphatic hydroxyl groups is 1. The van der Waals surface area contributed by atoms with Gasteiger partial charge in [0.25, 0.3) is 5.76 Å². The van der Waals surface area contributed by atoms with Crippen molar-refractivity contribution in [1.29, 1.82) is 0 Å². The minimum atomic E-state index is -3.86. The third-order valence-corrected chi connectivity index (χ3v) is 13.2. The first-order valence-corrected chi connectivity index (χ1v) is 25.0. The van der Waals surface area contributed by atoms with E-state index in [0.717, 1.165) is 25.7 Å². The Hall–Kier alpha value is -5.09. The molecule has 4 atom stereocenters. The van der Waals surface area contributed by atoms with E-state index in [9.17, 15) is 48.3 Å². The molecule has 68 heavy (non-hydrogen) atoms. The summed E-state index contributed by atoms with van der Waals surface area (Å²) in [4.78, 5) is 100. The topological polar surface area (TPSA) is 320 Å². The van der Waals surface area contributed by atoms with Crippen molar-refractivity contribution in [2.24, 2.45) is 5.73 Å². The van der Waals surface area contributed by atoms with Gasteiger partial charge in [0, 0.05) is 24.7 Å². The van der Waals surface area contributed by atoms with Crippen LogP contribution in [0.1, 0.15) is 135 Å². The molecule has 2 amide bonds. The van der Waals surface area contributed by atoms with Crippen molar-refractivity contribution in [3.8, 4) is 0 Å². The number of carboxylic acids is 1. The summed E-state index contributed by atoms with van der Waals surface area (Å²) in [6, 6.07) is -2.47. The Morgan fingerprint density at radius 1 is 0.838 bits per heavy atom. The highest BCUT2D eigenvalue weighted by Gasteiger charge is 2.47. The quantitative estimate of drug-likeness (QED) is 0.0163. The number of aromatic amines is 1. The SMILES string of the molecule is CCCCCCCCCCCCCCCC(=O)OC(COC(=O)CCC(=O)ONCC(=O)NC(CCCCN)C(=O)NC(Cc1cnc[nH]1)C(=O)O)C1OC(=O)C(OP(=O)(N(C)C)N(C)C)=C1O. The maximum atomic E-state index is 13.5. The van der Waals surface area contributed by atoms with Crippen molar-refractivity contribution in [2.75, 3.05) is 47.9 Å². The molecule has 0 fully saturated rings. The lowest BCUT2D eigenvalue weighted by atomic mass is 10.0. The van der Waals surface area contributed by atoms with Crippen LogP contribution in [0.4, 0.5) is 0 Å². The Balaban J connectivity index is 1.94. The van der Waals surface area contributed by atoms with Crippen molar-refractivity contribution >= 4 is 49.3 Å². The van der Waals surface area contributed by atoms with Crippen molar-refractivity contribution in [3.05, 3.63) is 29.7 Å². The first-order chi connectivity index (χ1) is 32.4. The molecule has 0 radical (unpaired) electrons. The molecule has 8 N–H and O–H groups in total. The third-order valence-electron chi connectivity index (χ3n) is 10.8. The molecule has 1 aromatic heterocycles. The summed E-state index contributed by atoms with van der Waals surface area (Å²) >= 11 is 0. The predicted octanol–water partition coefficient (Wildman–Crippen LogP) is 3.84. The molecule has 0 aromatic carbocycles. The highest BCUT2D eigenvalue weighted by atomic mass is 31.2. The number of imidazole rings is 1. The summed E-state index contributed by atoms with van der Waals surface area (Å²) in [5.41, 5.74) is 8.20. The number of unbranched alkanes of at least 4 members (excludes halogenated alkanes) is 13. The van der Waals surface area contributed by atoms with Gasteiger partial charge in [-0.3, -0.25) is 24.0 Å². The van der Waals surface area contributed by atoms with Crippen molar-refractivity contribution in [2.45, 2.75) is 160 Å². The molecular formula is C44H75N8O15P. The molecule has 4 unspecified atom stereocenters. The molecule has 2 rings (SSSR count). The van der Waals surface area contributed by atoms with Gasteiger partial charge in [-0.15, -0.1) is 5.48 Å². The third kappa shape index (κ3) is 22.3. The highest BCUT2D eigenvalue weighted by molar-refractivity contribution is 7.54. The number of aromatic nitrogens is 2. The predicted molar refractivity (Wildman–Crippen MR) is 247 cm³/mol. The number of hydrogen-bond acceptors (Lipinski definition) is 17. The van der Waals surface area contributed by atoms with E-state index in [2.05, 4.69) is 33.0 Å². The van der Waals surface area contributed by atoms with Crippen molar-refractivity contribution in [1.82, 2.24) is 35.4 Å². The molecular weight excluding hydrogens is 911 g/mol. The Labute approximate surface area is 398 Å². The highest BCUT2D eigenvalue weighted by Crippen LogP contribution is 2.53. The number of nitrogens with one attached hydrogen (secondary N) is 4. The zero-order valence-electron chi connectivity index (χ0n) is 40.3. The maximum Gasteiger partial charge on any atom is 0.395 e. The van der Waals surface area contributed by atoms with Crippen LogP contribution < -0.4 is 21.8 Å². The minimum absolute atomic E-state index is 0.00988. The monoisotopic (exact) mass is 987 g/mol. The maximum absolute atomic E-state index is 13.5. The Morgan fingerprint density at radius 2 is 1.44 bits per heavy atom. The van der Waals surface area contributed by atoms with Crippen LogP contribution in [0.2, 0.25) is 0 Å². The Morgan fingerprint density at radius 3 is 2.00 bits per heavy atom. The number of carboxylic acid groups (broad SMARTS) is 1. The van der Waals surface area contributed by atoms with Gasteiger partial charge in [0.1, 0.15) is 25.2 Å². The number of cyclic esters (lactones) is 1. The number of carbonyl (C=O) groups is 7. The minimum Gasteiger partial charge on any atom is -0.505 e. The summed E-state index contributed by atoms with van der Waals surface area (Å²) in [5, 5.41) is 25.6. The molecule has 1 aromatic rings. The van der Waals surface area contributed by atoms with Gasteiger partial charge in [-0.1, -0.05) is 84.0 Å². The van der Waals surface area contributed by atoms with Gasteiger partial charge in [-0.05, 0) is 60.4 Å². The van der Waals surface area contributed by atoms with E-state index < -0.39 is 111 Å². The van der Waals surface area contributed by atoms with Gasteiger partial charge in [-0.2, -0.15) is 0 Å². The lowest BCUT2D eigenvalue weighted by Crippen LogP contribution is -2.53. The van der Waals surface area contributed by atoms with E-state index in [0.29, 0.717) is 31.5 Å². The summed E-state index contributed by atoms with van der Waals surface area (Å²) in [6.07, 6.45) is 13.8. The summed E-state index contributed by atoms with van der Waals surface area (Å²) in [5.74, 6) is -8.28. The van der Waals surface area contributed by atoms with Crippen LogP contribution >= 0.6 is 7.67 Å². The lowest BCUT2D eigenvalue weighted by molar-refractivity contribution is -0.171. The second kappa shape index (κ2) is 32.6. The fraction of sp³-hybridized carbons (Fsp3) is 0.727. The Kier molecular flexibility index (Phi) is 28.3. The number of hydroxylamine groups is 1. The van der Waals surface area contributed by atoms with Crippen LogP contribution in [0.15, 0.2) is 24.0 Å². The second-order valence-corrected chi connectivity index (χ2v) is 19.7. The van der Waals surface area contributed by atoms with Gasteiger partial charge in [0.05, 0.1) is 19.2 Å². The first-order valence-electron chi connectivity index (χ1n) is 23.5. The van der Waals surface area contributed by atoms with Crippen LogP contribution in [0.5, 0.6) is 0 Å². The van der Waals surface area contributed by atoms with E-state index in [-0.39, 0.29) is 19.3 Å². The van der Waals surface area contributed by atoms with Crippen LogP contribution in [-0.2, 0) is 68.1 Å². The molecule has 0 saturated heterocycles. The molecule has 1 aliphatic rings. The molecule has 23 nitrogen and oxygen atoms in total. The fourth-order valence-corrected chi connectivity index (χ4v) is 8.36. The average molecular weight is 987 g/mol. The van der Waals surface area contributed by atoms with Crippen LogP contribution in [0.3, 0.4) is 0 Å². The van der Waals surface area contributed by atoms with Crippen molar-refractivity contribution < 1.29 is 71.9 Å². The number of ether oxygens (including phenoxy) is 3. The number of H-pyrrole nitrogens is 1. The number of esters is 3. The molecule has 24 heteroatoms. The zero-order valence-corrected chi connectivity index (χ0v) is 41.2. The average Bonchev–Trinajstić information content (AvgIpc) is 3.91. The van der Waals surface area contributed by atoms with Crippen molar-refractivity contribution in [3.63, 3.8) is 0 Å².